The first-order chi connectivity index (χ1) is 11.1. The van der Waals surface area contributed by atoms with E-state index in [0.717, 1.165) is 0 Å². The monoisotopic (exact) mass is 308 g/mol. The van der Waals surface area contributed by atoms with Gasteiger partial charge in [0.2, 0.25) is 0 Å². The van der Waals surface area contributed by atoms with Crippen molar-refractivity contribution in [1.82, 2.24) is 0 Å². The van der Waals surface area contributed by atoms with Gasteiger partial charge in [-0.2, -0.15) is 0 Å². The normalized spacial score (nSPS) is 26.5. The van der Waals surface area contributed by atoms with Crippen molar-refractivity contribution in [2.75, 3.05) is 0 Å². The molecule has 0 heterocycles. The molecule has 0 atom stereocenters. The van der Waals surface area contributed by atoms with Crippen molar-refractivity contribution in [3.63, 3.8) is 0 Å². The van der Waals surface area contributed by atoms with E-state index in [1.165, 1.54) is 64.2 Å². The SMILES string of the molecule is CC(C)(C1C=C2CCCCCC2=C1)C1C=C2CCCCCC2=C1. The van der Waals surface area contributed by atoms with Gasteiger partial charge in [0.1, 0.15) is 0 Å². The predicted octanol–water partition coefficient (Wildman–Crippen LogP) is 6.91. The molecule has 0 unspecified atom stereocenters. The second-order valence-electron chi connectivity index (χ2n) is 8.76. The first-order valence-electron chi connectivity index (χ1n) is 9.98. The van der Waals surface area contributed by atoms with Crippen LogP contribution in [0.2, 0.25) is 0 Å². The summed E-state index contributed by atoms with van der Waals surface area (Å²) in [4.78, 5) is 0. The van der Waals surface area contributed by atoms with Gasteiger partial charge in [-0.05, 0) is 79.1 Å². The second kappa shape index (κ2) is 6.11. The third-order valence-electron chi connectivity index (χ3n) is 6.85. The van der Waals surface area contributed by atoms with Crippen LogP contribution in [0.5, 0.6) is 0 Å². The summed E-state index contributed by atoms with van der Waals surface area (Å²) in [6.45, 7) is 5.00. The van der Waals surface area contributed by atoms with Gasteiger partial charge in [-0.25, -0.2) is 0 Å². The molecule has 0 bridgehead atoms. The summed E-state index contributed by atoms with van der Waals surface area (Å²) in [5.74, 6) is 1.26. The van der Waals surface area contributed by atoms with Crippen LogP contribution in [0, 0.1) is 17.3 Å². The van der Waals surface area contributed by atoms with Crippen molar-refractivity contribution < 1.29 is 0 Å². The van der Waals surface area contributed by atoms with Gasteiger partial charge >= 0.3 is 0 Å². The van der Waals surface area contributed by atoms with E-state index in [0.29, 0.717) is 17.3 Å². The van der Waals surface area contributed by atoms with Gasteiger partial charge in [0, 0.05) is 11.8 Å². The van der Waals surface area contributed by atoms with Gasteiger partial charge < -0.3 is 0 Å². The Balaban J connectivity index is 1.57. The van der Waals surface area contributed by atoms with Gasteiger partial charge in [-0.3, -0.25) is 0 Å². The lowest BCUT2D eigenvalue weighted by atomic mass is 9.70. The number of allylic oxidation sites excluding steroid dienone is 8. The maximum atomic E-state index is 2.63. The van der Waals surface area contributed by atoms with Crippen LogP contribution in [-0.2, 0) is 0 Å². The van der Waals surface area contributed by atoms with Gasteiger partial charge in [-0.1, -0.05) is 51.0 Å². The van der Waals surface area contributed by atoms with E-state index in [9.17, 15) is 0 Å². The highest BCUT2D eigenvalue weighted by Crippen LogP contribution is 2.49. The van der Waals surface area contributed by atoms with Crippen LogP contribution in [0.4, 0.5) is 0 Å². The summed E-state index contributed by atoms with van der Waals surface area (Å²) in [5, 5.41) is 0. The zero-order chi connectivity index (χ0) is 15.9. The van der Waals surface area contributed by atoms with Crippen molar-refractivity contribution >= 4 is 0 Å². The highest BCUT2D eigenvalue weighted by molar-refractivity contribution is 5.44. The molecule has 0 saturated heterocycles. The molecule has 0 heteroatoms. The topological polar surface area (TPSA) is 0 Å². The van der Waals surface area contributed by atoms with Crippen LogP contribution in [0.25, 0.3) is 0 Å². The molecule has 4 aliphatic carbocycles. The fraction of sp³-hybridized carbons (Fsp3) is 0.652. The maximum Gasteiger partial charge on any atom is 0.00182 e. The van der Waals surface area contributed by atoms with E-state index >= 15 is 0 Å². The Bertz CT molecular complexity index is 498. The summed E-state index contributed by atoms with van der Waals surface area (Å²) in [5.41, 5.74) is 7.07. The maximum absolute atomic E-state index is 2.63. The summed E-state index contributed by atoms with van der Waals surface area (Å²) in [6, 6.07) is 0. The lowest BCUT2D eigenvalue weighted by Gasteiger charge is -2.34. The van der Waals surface area contributed by atoms with Crippen molar-refractivity contribution in [1.29, 1.82) is 0 Å². The molecule has 0 aromatic carbocycles. The molecule has 124 valence electrons. The highest BCUT2D eigenvalue weighted by atomic mass is 14.4. The molecule has 4 rings (SSSR count). The fourth-order valence-electron chi connectivity index (χ4n) is 5.06. The number of hydrogen-bond donors (Lipinski definition) is 0. The first-order valence-corrected chi connectivity index (χ1v) is 9.98. The second-order valence-corrected chi connectivity index (χ2v) is 8.76. The average Bonchev–Trinajstić information content (AvgIpc) is 2.99. The molecule has 0 aliphatic heterocycles. The predicted molar refractivity (Wildman–Crippen MR) is 99.3 cm³/mol. The molecular weight excluding hydrogens is 276 g/mol. The third kappa shape index (κ3) is 2.90. The number of fused-ring (bicyclic) bond motifs is 2. The van der Waals surface area contributed by atoms with Crippen LogP contribution in [0.15, 0.2) is 46.6 Å². The summed E-state index contributed by atoms with van der Waals surface area (Å²) in [7, 11) is 0. The van der Waals surface area contributed by atoms with E-state index in [4.69, 9.17) is 0 Å². The minimum absolute atomic E-state index is 0.318. The quantitative estimate of drug-likeness (QED) is 0.520. The van der Waals surface area contributed by atoms with Gasteiger partial charge in [0.05, 0.1) is 0 Å². The van der Waals surface area contributed by atoms with Crippen LogP contribution in [0.1, 0.15) is 78.1 Å². The number of rotatable bonds is 2. The zero-order valence-corrected chi connectivity index (χ0v) is 15.0. The smallest absolute Gasteiger partial charge is 0.00182 e. The molecule has 2 saturated carbocycles. The lowest BCUT2D eigenvalue weighted by molar-refractivity contribution is 0.251. The molecule has 4 aliphatic rings. The summed E-state index contributed by atoms with van der Waals surface area (Å²) in [6.07, 6.45) is 24.2. The lowest BCUT2D eigenvalue weighted by Crippen LogP contribution is -2.27. The minimum Gasteiger partial charge on any atom is -0.0736 e. The van der Waals surface area contributed by atoms with Crippen molar-refractivity contribution in [2.45, 2.75) is 78.1 Å². The Hall–Kier alpha value is -1.04. The van der Waals surface area contributed by atoms with Gasteiger partial charge in [0.25, 0.3) is 0 Å². The molecule has 23 heavy (non-hydrogen) atoms. The standard InChI is InChI=1S/C23H32/c1-23(2,21-13-17-9-5-3-6-10-18(17)14-21)22-15-19-11-7-4-8-12-20(19)16-22/h13-16,21-22H,3-12H2,1-2H3. The van der Waals surface area contributed by atoms with Crippen LogP contribution >= 0.6 is 0 Å². The Kier molecular flexibility index (Phi) is 4.12. The van der Waals surface area contributed by atoms with Crippen molar-refractivity contribution in [3.8, 4) is 0 Å². The van der Waals surface area contributed by atoms with Crippen LogP contribution < -0.4 is 0 Å². The molecule has 0 amide bonds. The highest BCUT2D eigenvalue weighted by Gasteiger charge is 2.38. The molecule has 0 spiro atoms. The van der Waals surface area contributed by atoms with E-state index in [1.807, 2.05) is 0 Å². The first kappa shape index (κ1) is 15.5. The van der Waals surface area contributed by atoms with Crippen molar-refractivity contribution in [2.24, 2.45) is 17.3 Å². The zero-order valence-electron chi connectivity index (χ0n) is 15.0. The third-order valence-corrected chi connectivity index (χ3v) is 6.85. The van der Waals surface area contributed by atoms with E-state index in [2.05, 4.69) is 38.2 Å². The molecular formula is C23H32. The largest absolute Gasteiger partial charge is 0.0736 e. The van der Waals surface area contributed by atoms with Crippen molar-refractivity contribution in [3.05, 3.63) is 46.6 Å². The van der Waals surface area contributed by atoms with E-state index in [-0.39, 0.29) is 0 Å². The Morgan fingerprint density at radius 2 is 0.870 bits per heavy atom. The van der Waals surface area contributed by atoms with E-state index < -0.39 is 0 Å². The minimum atomic E-state index is 0.318. The molecule has 0 aromatic rings. The van der Waals surface area contributed by atoms with Gasteiger partial charge in [0.15, 0.2) is 0 Å². The van der Waals surface area contributed by atoms with Crippen LogP contribution in [-0.4, -0.2) is 0 Å². The van der Waals surface area contributed by atoms with Crippen LogP contribution in [0.3, 0.4) is 0 Å². The average molecular weight is 309 g/mol. The molecule has 0 aromatic heterocycles. The Morgan fingerprint density at radius 3 is 1.17 bits per heavy atom. The number of hydrogen-bond acceptors (Lipinski definition) is 0. The molecule has 0 nitrogen and oxygen atoms in total. The fourth-order valence-corrected chi connectivity index (χ4v) is 5.06. The van der Waals surface area contributed by atoms with E-state index in [1.54, 1.807) is 22.3 Å². The summed E-state index contributed by atoms with van der Waals surface area (Å²) < 4.78 is 0. The summed E-state index contributed by atoms with van der Waals surface area (Å²) >= 11 is 0. The Morgan fingerprint density at radius 1 is 0.565 bits per heavy atom. The van der Waals surface area contributed by atoms with Gasteiger partial charge in [-0.15, -0.1) is 0 Å². The molecule has 2 fully saturated rings. The Labute approximate surface area is 142 Å². The molecule has 0 N–H and O–H groups in total. The molecule has 0 radical (unpaired) electrons.